The van der Waals surface area contributed by atoms with Crippen molar-refractivity contribution in [3.8, 4) is 0 Å². The third-order valence-electron chi connectivity index (χ3n) is 2.00. The van der Waals surface area contributed by atoms with Crippen LogP contribution in [0.3, 0.4) is 0 Å². The molecule has 1 aliphatic rings. The highest BCUT2D eigenvalue weighted by Gasteiger charge is 2.11. The fraction of sp³-hybridized carbons (Fsp3) is 0.333. The summed E-state index contributed by atoms with van der Waals surface area (Å²) in [7, 11) is -0.795. The quantitative estimate of drug-likeness (QED) is 0.644. The maximum atomic E-state index is 11.6. The van der Waals surface area contributed by atoms with E-state index in [2.05, 4.69) is 5.32 Å². The van der Waals surface area contributed by atoms with Crippen LogP contribution < -0.4 is 5.32 Å². The molecule has 0 aromatic heterocycles. The van der Waals surface area contributed by atoms with Crippen molar-refractivity contribution in [2.75, 3.05) is 12.3 Å². The van der Waals surface area contributed by atoms with Gasteiger partial charge in [0.05, 0.1) is 10.8 Å². The van der Waals surface area contributed by atoms with Gasteiger partial charge in [0.1, 0.15) is 0 Å². The van der Waals surface area contributed by atoms with Crippen molar-refractivity contribution in [1.82, 2.24) is 5.32 Å². The van der Waals surface area contributed by atoms with Crippen LogP contribution in [-0.2, 0) is 17.3 Å². The average Bonchev–Trinajstić information content (AvgIpc) is 2.29. The molecule has 0 spiro atoms. The molecule has 0 radical (unpaired) electrons. The van der Waals surface area contributed by atoms with E-state index >= 15 is 0 Å². The molecule has 12 heavy (non-hydrogen) atoms. The molecule has 1 aliphatic heterocycles. The summed E-state index contributed by atoms with van der Waals surface area (Å²) in [5.41, 5.74) is 1.17. The largest absolute Gasteiger partial charge is 0.312 e. The minimum absolute atomic E-state index is 0.733. The minimum Gasteiger partial charge on any atom is -0.312 e. The lowest BCUT2D eigenvalue weighted by Crippen LogP contribution is -2.15. The van der Waals surface area contributed by atoms with Crippen LogP contribution in [-0.4, -0.2) is 16.5 Å². The number of fused-ring (bicyclic) bond motifs is 1. The first-order valence-corrected chi connectivity index (χ1v) is 5.37. The standard InChI is InChI=1S/C9H11NOS/c11-12-6-5-10-7-8-3-1-2-4-9(8)12/h1-4,10H,5-7H2/t12-/m0/s1. The van der Waals surface area contributed by atoms with Crippen LogP contribution >= 0.6 is 0 Å². The number of hydrogen-bond donors (Lipinski definition) is 1. The summed E-state index contributed by atoms with van der Waals surface area (Å²) in [6, 6.07) is 7.93. The van der Waals surface area contributed by atoms with Gasteiger partial charge in [-0.25, -0.2) is 0 Å². The maximum Gasteiger partial charge on any atom is 0.0545 e. The molecule has 0 bridgehead atoms. The molecular weight excluding hydrogens is 170 g/mol. The van der Waals surface area contributed by atoms with Crippen LogP contribution in [0.5, 0.6) is 0 Å². The summed E-state index contributed by atoms with van der Waals surface area (Å²) in [5.74, 6) is 0.733. The van der Waals surface area contributed by atoms with Crippen LogP contribution in [0.1, 0.15) is 5.56 Å². The Morgan fingerprint density at radius 2 is 2.17 bits per heavy atom. The van der Waals surface area contributed by atoms with Gasteiger partial charge in [0.25, 0.3) is 0 Å². The Bertz CT molecular complexity index is 311. The molecule has 0 saturated carbocycles. The molecule has 0 amide bonds. The van der Waals surface area contributed by atoms with Crippen LogP contribution in [0.15, 0.2) is 29.2 Å². The van der Waals surface area contributed by atoms with Gasteiger partial charge in [-0.05, 0) is 11.6 Å². The van der Waals surface area contributed by atoms with Gasteiger partial charge in [-0.3, -0.25) is 4.21 Å². The molecule has 0 aliphatic carbocycles. The van der Waals surface area contributed by atoms with Gasteiger partial charge in [0.15, 0.2) is 0 Å². The zero-order valence-corrected chi connectivity index (χ0v) is 7.56. The molecule has 1 N–H and O–H groups in total. The van der Waals surface area contributed by atoms with Gasteiger partial charge in [0, 0.05) is 23.7 Å². The average molecular weight is 181 g/mol. The number of rotatable bonds is 0. The summed E-state index contributed by atoms with van der Waals surface area (Å²) in [5, 5.41) is 3.24. The Morgan fingerprint density at radius 3 is 3.08 bits per heavy atom. The van der Waals surface area contributed by atoms with E-state index in [-0.39, 0.29) is 0 Å². The first-order chi connectivity index (χ1) is 5.88. The zero-order chi connectivity index (χ0) is 8.39. The highest BCUT2D eigenvalue weighted by atomic mass is 32.2. The second-order valence-corrected chi connectivity index (χ2v) is 4.37. The summed E-state index contributed by atoms with van der Waals surface area (Å²) in [4.78, 5) is 1.00. The summed E-state index contributed by atoms with van der Waals surface area (Å²) in [6.07, 6.45) is 0. The fourth-order valence-electron chi connectivity index (χ4n) is 1.37. The van der Waals surface area contributed by atoms with E-state index in [0.717, 1.165) is 23.7 Å². The molecule has 0 fully saturated rings. The molecule has 2 nitrogen and oxygen atoms in total. The second-order valence-electron chi connectivity index (χ2n) is 2.83. The minimum atomic E-state index is -0.795. The van der Waals surface area contributed by atoms with Gasteiger partial charge in [-0.1, -0.05) is 18.2 Å². The Morgan fingerprint density at radius 1 is 1.33 bits per heavy atom. The van der Waals surface area contributed by atoms with E-state index in [4.69, 9.17) is 0 Å². The van der Waals surface area contributed by atoms with Crippen molar-refractivity contribution in [2.24, 2.45) is 0 Å². The van der Waals surface area contributed by atoms with Gasteiger partial charge >= 0.3 is 0 Å². The smallest absolute Gasteiger partial charge is 0.0545 e. The van der Waals surface area contributed by atoms with Crippen molar-refractivity contribution in [2.45, 2.75) is 11.4 Å². The third kappa shape index (κ3) is 1.42. The lowest BCUT2D eigenvalue weighted by molar-refractivity contribution is 0.681. The van der Waals surface area contributed by atoms with E-state index in [9.17, 15) is 4.21 Å². The number of hydrogen-bond acceptors (Lipinski definition) is 2. The monoisotopic (exact) mass is 181 g/mol. The Balaban J connectivity index is 2.46. The molecule has 0 saturated heterocycles. The normalized spacial score (nSPS) is 22.8. The first kappa shape index (κ1) is 7.95. The maximum absolute atomic E-state index is 11.6. The molecule has 1 atom stereocenters. The van der Waals surface area contributed by atoms with Gasteiger partial charge in [-0.2, -0.15) is 0 Å². The lowest BCUT2D eigenvalue weighted by Gasteiger charge is -2.02. The highest BCUT2D eigenvalue weighted by molar-refractivity contribution is 7.85. The zero-order valence-electron chi connectivity index (χ0n) is 6.75. The van der Waals surface area contributed by atoms with E-state index in [1.807, 2.05) is 24.3 Å². The summed E-state index contributed by atoms with van der Waals surface area (Å²) >= 11 is 0. The van der Waals surface area contributed by atoms with E-state index in [0.29, 0.717) is 0 Å². The van der Waals surface area contributed by atoms with E-state index < -0.39 is 10.8 Å². The van der Waals surface area contributed by atoms with Crippen LogP contribution in [0.25, 0.3) is 0 Å². The van der Waals surface area contributed by atoms with E-state index in [1.165, 1.54) is 5.56 Å². The molecule has 1 heterocycles. The number of nitrogens with one attached hydrogen (secondary N) is 1. The van der Waals surface area contributed by atoms with Crippen molar-refractivity contribution < 1.29 is 4.21 Å². The Kier molecular flexibility index (Phi) is 2.23. The van der Waals surface area contributed by atoms with Crippen molar-refractivity contribution >= 4 is 10.8 Å². The SMILES string of the molecule is O=[S@]1CCNCc2ccccc21. The molecule has 3 heteroatoms. The van der Waals surface area contributed by atoms with Crippen LogP contribution in [0, 0.1) is 0 Å². The molecule has 64 valence electrons. The second kappa shape index (κ2) is 3.37. The van der Waals surface area contributed by atoms with Gasteiger partial charge in [-0.15, -0.1) is 0 Å². The lowest BCUT2D eigenvalue weighted by atomic mass is 10.2. The highest BCUT2D eigenvalue weighted by Crippen LogP contribution is 2.15. The van der Waals surface area contributed by atoms with Gasteiger partial charge < -0.3 is 5.32 Å². The summed E-state index contributed by atoms with van der Waals surface area (Å²) < 4.78 is 11.6. The fourth-order valence-corrected chi connectivity index (χ4v) is 2.58. The Labute approximate surface area is 74.4 Å². The van der Waals surface area contributed by atoms with Crippen molar-refractivity contribution in [1.29, 1.82) is 0 Å². The molecule has 0 unspecified atom stereocenters. The Hall–Kier alpha value is -0.670. The molecule has 1 aromatic rings. The van der Waals surface area contributed by atoms with Crippen molar-refractivity contribution in [3.05, 3.63) is 29.8 Å². The molecule has 2 rings (SSSR count). The van der Waals surface area contributed by atoms with Crippen LogP contribution in [0.2, 0.25) is 0 Å². The predicted molar refractivity (Wildman–Crippen MR) is 49.4 cm³/mol. The predicted octanol–water partition coefficient (Wildman–Crippen LogP) is 0.897. The van der Waals surface area contributed by atoms with Gasteiger partial charge in [0.2, 0.25) is 0 Å². The summed E-state index contributed by atoms with van der Waals surface area (Å²) in [6.45, 7) is 1.70. The molecule has 1 aromatic carbocycles. The first-order valence-electron chi connectivity index (χ1n) is 4.05. The topological polar surface area (TPSA) is 29.1 Å². The molecular formula is C9H11NOS. The van der Waals surface area contributed by atoms with E-state index in [1.54, 1.807) is 0 Å². The third-order valence-corrected chi connectivity index (χ3v) is 3.46. The number of benzene rings is 1. The van der Waals surface area contributed by atoms with Crippen molar-refractivity contribution in [3.63, 3.8) is 0 Å². The van der Waals surface area contributed by atoms with Crippen LogP contribution in [0.4, 0.5) is 0 Å².